The van der Waals surface area contributed by atoms with Crippen LogP contribution in [0.25, 0.3) is 0 Å². The van der Waals surface area contributed by atoms with Gasteiger partial charge in [-0.1, -0.05) is 23.7 Å². The number of carbonyl (C=O) groups excluding carboxylic acids is 1. The van der Waals surface area contributed by atoms with Gasteiger partial charge < -0.3 is 9.73 Å². The fourth-order valence-electron chi connectivity index (χ4n) is 1.43. The lowest BCUT2D eigenvalue weighted by molar-refractivity contribution is -0.120. The summed E-state index contributed by atoms with van der Waals surface area (Å²) in [6.45, 7) is 1.94. The second-order valence-corrected chi connectivity index (χ2v) is 4.23. The van der Waals surface area contributed by atoms with Crippen LogP contribution in [-0.2, 0) is 17.8 Å². The van der Waals surface area contributed by atoms with Gasteiger partial charge in [-0.05, 0) is 17.7 Å². The zero-order valence-corrected chi connectivity index (χ0v) is 10.6. The van der Waals surface area contributed by atoms with Crippen molar-refractivity contribution in [2.75, 3.05) is 0 Å². The van der Waals surface area contributed by atoms with Crippen LogP contribution in [0.15, 0.2) is 28.7 Å². The van der Waals surface area contributed by atoms with E-state index in [1.807, 2.05) is 12.1 Å². The quantitative estimate of drug-likeness (QED) is 0.917. The summed E-state index contributed by atoms with van der Waals surface area (Å²) in [6.07, 6.45) is 0.296. The fraction of sp³-hybridized carbons (Fsp3) is 0.250. The van der Waals surface area contributed by atoms with Gasteiger partial charge in [0.25, 0.3) is 0 Å². The van der Waals surface area contributed by atoms with Gasteiger partial charge in [-0.15, -0.1) is 10.2 Å². The second-order valence-electron chi connectivity index (χ2n) is 3.79. The number of aryl methyl sites for hydroxylation is 1. The Morgan fingerprint density at radius 1 is 1.33 bits per heavy atom. The summed E-state index contributed by atoms with van der Waals surface area (Å²) in [5.41, 5.74) is 0.901. The predicted molar refractivity (Wildman–Crippen MR) is 66.0 cm³/mol. The Labute approximate surface area is 109 Å². The SMILES string of the molecule is Cc1nnc(CNC(=O)Cc2ccc(Cl)cc2)o1. The van der Waals surface area contributed by atoms with Crippen molar-refractivity contribution in [2.24, 2.45) is 0 Å². The second kappa shape index (κ2) is 5.64. The van der Waals surface area contributed by atoms with Gasteiger partial charge in [0.1, 0.15) is 0 Å². The molecule has 18 heavy (non-hydrogen) atoms. The molecule has 0 unspecified atom stereocenters. The van der Waals surface area contributed by atoms with Crippen molar-refractivity contribution in [2.45, 2.75) is 19.9 Å². The molecule has 5 nitrogen and oxygen atoms in total. The Hall–Kier alpha value is -1.88. The third-order valence-electron chi connectivity index (χ3n) is 2.28. The maximum absolute atomic E-state index is 11.6. The molecule has 6 heteroatoms. The van der Waals surface area contributed by atoms with Gasteiger partial charge in [0.15, 0.2) is 0 Å². The Kier molecular flexibility index (Phi) is 3.94. The number of hydrogen-bond acceptors (Lipinski definition) is 4. The number of benzene rings is 1. The summed E-state index contributed by atoms with van der Waals surface area (Å²) >= 11 is 5.76. The highest BCUT2D eigenvalue weighted by molar-refractivity contribution is 6.30. The van der Waals surface area contributed by atoms with E-state index in [1.165, 1.54) is 0 Å². The van der Waals surface area contributed by atoms with Crippen LogP contribution in [0, 0.1) is 6.92 Å². The fourth-order valence-corrected chi connectivity index (χ4v) is 1.56. The van der Waals surface area contributed by atoms with E-state index in [0.29, 0.717) is 23.2 Å². The largest absolute Gasteiger partial charge is 0.424 e. The van der Waals surface area contributed by atoms with E-state index in [1.54, 1.807) is 19.1 Å². The molecule has 0 aliphatic rings. The van der Waals surface area contributed by atoms with Gasteiger partial charge in [0.05, 0.1) is 13.0 Å². The Balaban J connectivity index is 1.83. The minimum atomic E-state index is -0.104. The number of rotatable bonds is 4. The molecule has 0 spiro atoms. The molecule has 0 bridgehead atoms. The highest BCUT2D eigenvalue weighted by atomic mass is 35.5. The van der Waals surface area contributed by atoms with E-state index in [9.17, 15) is 4.79 Å². The zero-order chi connectivity index (χ0) is 13.0. The Morgan fingerprint density at radius 3 is 2.67 bits per heavy atom. The highest BCUT2D eigenvalue weighted by Crippen LogP contribution is 2.09. The summed E-state index contributed by atoms with van der Waals surface area (Å²) < 4.78 is 5.15. The first-order valence-corrected chi connectivity index (χ1v) is 5.81. The minimum absolute atomic E-state index is 0.104. The van der Waals surface area contributed by atoms with Crippen LogP contribution >= 0.6 is 11.6 Å². The first-order chi connectivity index (χ1) is 8.63. The van der Waals surface area contributed by atoms with Gasteiger partial charge in [0, 0.05) is 11.9 Å². The van der Waals surface area contributed by atoms with Crippen LogP contribution < -0.4 is 5.32 Å². The van der Waals surface area contributed by atoms with E-state index in [-0.39, 0.29) is 12.5 Å². The molecule has 0 aliphatic heterocycles. The standard InChI is InChI=1S/C12H12ClN3O2/c1-8-15-16-12(18-8)7-14-11(17)6-9-2-4-10(13)5-3-9/h2-5H,6-7H2,1H3,(H,14,17). The topological polar surface area (TPSA) is 68.0 Å². The molecule has 1 aromatic carbocycles. The number of nitrogens with one attached hydrogen (secondary N) is 1. The monoisotopic (exact) mass is 265 g/mol. The molecule has 1 heterocycles. The molecule has 0 saturated carbocycles. The van der Waals surface area contributed by atoms with Crippen molar-refractivity contribution in [3.05, 3.63) is 46.6 Å². The van der Waals surface area contributed by atoms with E-state index < -0.39 is 0 Å². The van der Waals surface area contributed by atoms with Gasteiger partial charge >= 0.3 is 0 Å². The molecule has 0 fully saturated rings. The summed E-state index contributed by atoms with van der Waals surface area (Å²) in [7, 11) is 0. The van der Waals surface area contributed by atoms with Crippen molar-refractivity contribution < 1.29 is 9.21 Å². The normalized spacial score (nSPS) is 10.3. The maximum atomic E-state index is 11.6. The molecule has 0 atom stereocenters. The molecule has 94 valence electrons. The molecule has 0 aliphatic carbocycles. The number of amides is 1. The van der Waals surface area contributed by atoms with Crippen LogP contribution in [0.2, 0.25) is 5.02 Å². The van der Waals surface area contributed by atoms with Crippen LogP contribution in [0.5, 0.6) is 0 Å². The molecule has 1 amide bonds. The van der Waals surface area contributed by atoms with Crippen LogP contribution in [0.3, 0.4) is 0 Å². The minimum Gasteiger partial charge on any atom is -0.424 e. The average molecular weight is 266 g/mol. The van der Waals surface area contributed by atoms with Crippen molar-refractivity contribution in [1.29, 1.82) is 0 Å². The molecule has 1 N–H and O–H groups in total. The first-order valence-electron chi connectivity index (χ1n) is 5.43. The number of nitrogens with zero attached hydrogens (tertiary/aromatic N) is 2. The predicted octanol–water partition coefficient (Wildman–Crippen LogP) is 1.89. The summed E-state index contributed by atoms with van der Waals surface area (Å²) in [4.78, 5) is 11.6. The maximum Gasteiger partial charge on any atom is 0.235 e. The summed E-state index contributed by atoms with van der Waals surface area (Å²) in [5.74, 6) is 0.780. The average Bonchev–Trinajstić information content (AvgIpc) is 2.76. The smallest absolute Gasteiger partial charge is 0.235 e. The Bertz CT molecular complexity index is 537. The van der Waals surface area contributed by atoms with E-state index in [2.05, 4.69) is 15.5 Å². The zero-order valence-electron chi connectivity index (χ0n) is 9.81. The van der Waals surface area contributed by atoms with Gasteiger partial charge in [-0.2, -0.15) is 0 Å². The van der Waals surface area contributed by atoms with Crippen LogP contribution in [0.1, 0.15) is 17.3 Å². The lowest BCUT2D eigenvalue weighted by Gasteiger charge is -2.02. The van der Waals surface area contributed by atoms with Gasteiger partial charge in [-0.25, -0.2) is 0 Å². The molecule has 0 radical (unpaired) electrons. The van der Waals surface area contributed by atoms with E-state index >= 15 is 0 Å². The molecular formula is C12H12ClN3O2. The van der Waals surface area contributed by atoms with E-state index in [0.717, 1.165) is 5.56 Å². The highest BCUT2D eigenvalue weighted by Gasteiger charge is 2.06. The molecule has 2 rings (SSSR count). The molecule has 2 aromatic rings. The molecule has 0 saturated heterocycles. The van der Waals surface area contributed by atoms with Gasteiger partial charge in [-0.3, -0.25) is 4.79 Å². The number of halogens is 1. The molecular weight excluding hydrogens is 254 g/mol. The van der Waals surface area contributed by atoms with Crippen molar-refractivity contribution >= 4 is 17.5 Å². The number of hydrogen-bond donors (Lipinski definition) is 1. The van der Waals surface area contributed by atoms with Crippen molar-refractivity contribution in [3.63, 3.8) is 0 Å². The third-order valence-corrected chi connectivity index (χ3v) is 2.53. The van der Waals surface area contributed by atoms with Crippen molar-refractivity contribution in [1.82, 2.24) is 15.5 Å². The molecule has 1 aromatic heterocycles. The number of aromatic nitrogens is 2. The number of carbonyl (C=O) groups is 1. The van der Waals surface area contributed by atoms with Crippen LogP contribution in [0.4, 0.5) is 0 Å². The van der Waals surface area contributed by atoms with Crippen molar-refractivity contribution in [3.8, 4) is 0 Å². The summed E-state index contributed by atoms with van der Waals surface area (Å²) in [6, 6.07) is 7.15. The lowest BCUT2D eigenvalue weighted by Crippen LogP contribution is -2.24. The van der Waals surface area contributed by atoms with Gasteiger partial charge in [0.2, 0.25) is 17.7 Å². The third kappa shape index (κ3) is 3.56. The first kappa shape index (κ1) is 12.6. The Morgan fingerprint density at radius 2 is 2.06 bits per heavy atom. The van der Waals surface area contributed by atoms with E-state index in [4.69, 9.17) is 16.0 Å². The lowest BCUT2D eigenvalue weighted by atomic mass is 10.1. The summed E-state index contributed by atoms with van der Waals surface area (Å²) in [5, 5.41) is 10.8. The van der Waals surface area contributed by atoms with Crippen LogP contribution in [-0.4, -0.2) is 16.1 Å².